The predicted octanol–water partition coefficient (Wildman–Crippen LogP) is 3.55. The second-order valence-corrected chi connectivity index (χ2v) is 4.77. The summed E-state index contributed by atoms with van der Waals surface area (Å²) in [6.07, 6.45) is 4.58. The molecule has 1 aromatic carbocycles. The third-order valence-electron chi connectivity index (χ3n) is 3.10. The lowest BCUT2D eigenvalue weighted by Crippen LogP contribution is -2.12. The van der Waals surface area contributed by atoms with Crippen LogP contribution in [-0.4, -0.2) is 30.2 Å². The van der Waals surface area contributed by atoms with E-state index in [1.807, 2.05) is 0 Å². The molecule has 2 N–H and O–H groups in total. The summed E-state index contributed by atoms with van der Waals surface area (Å²) in [7, 11) is 0. The fraction of sp³-hybridized carbons (Fsp3) is 0.500. The van der Waals surface area contributed by atoms with Gasteiger partial charge in [0.05, 0.1) is 17.7 Å². The van der Waals surface area contributed by atoms with Crippen LogP contribution in [0, 0.1) is 0 Å². The van der Waals surface area contributed by atoms with Crippen molar-refractivity contribution in [2.45, 2.75) is 39.5 Å². The Morgan fingerprint density at radius 1 is 1.14 bits per heavy atom. The highest BCUT2D eigenvalue weighted by atomic mass is 16.5. The summed E-state index contributed by atoms with van der Waals surface area (Å²) in [4.78, 5) is 23.0. The SMILES string of the molecule is CCCCCCNc1ccc(C(=O)O)c(C(=O)OCC)c1. The largest absolute Gasteiger partial charge is 0.478 e. The lowest BCUT2D eigenvalue weighted by Gasteiger charge is -2.10. The van der Waals surface area contributed by atoms with Crippen molar-refractivity contribution >= 4 is 17.6 Å². The number of carbonyl (C=O) groups excluding carboxylic acids is 1. The van der Waals surface area contributed by atoms with Crippen molar-refractivity contribution in [1.29, 1.82) is 0 Å². The van der Waals surface area contributed by atoms with Gasteiger partial charge in [-0.25, -0.2) is 9.59 Å². The smallest absolute Gasteiger partial charge is 0.339 e. The third kappa shape index (κ3) is 5.45. The molecule has 0 aliphatic rings. The fourth-order valence-corrected chi connectivity index (χ4v) is 2.00. The topological polar surface area (TPSA) is 75.6 Å². The van der Waals surface area contributed by atoms with Crippen molar-refractivity contribution in [2.24, 2.45) is 0 Å². The number of ether oxygens (including phenoxy) is 1. The lowest BCUT2D eigenvalue weighted by molar-refractivity contribution is 0.0514. The van der Waals surface area contributed by atoms with E-state index in [1.54, 1.807) is 19.1 Å². The van der Waals surface area contributed by atoms with Gasteiger partial charge in [-0.05, 0) is 31.5 Å². The summed E-state index contributed by atoms with van der Waals surface area (Å²) in [5.74, 6) is -1.74. The maximum absolute atomic E-state index is 11.8. The molecule has 5 nitrogen and oxygen atoms in total. The summed E-state index contributed by atoms with van der Waals surface area (Å²) in [5, 5.41) is 12.3. The van der Waals surface area contributed by atoms with E-state index < -0.39 is 11.9 Å². The molecule has 0 spiro atoms. The Morgan fingerprint density at radius 2 is 1.90 bits per heavy atom. The average molecular weight is 293 g/mol. The van der Waals surface area contributed by atoms with Crippen LogP contribution in [0.15, 0.2) is 18.2 Å². The molecule has 1 aromatic rings. The number of carbonyl (C=O) groups is 2. The molecule has 5 heteroatoms. The molecular formula is C16H23NO4. The van der Waals surface area contributed by atoms with E-state index in [9.17, 15) is 9.59 Å². The number of esters is 1. The zero-order valence-corrected chi connectivity index (χ0v) is 12.6. The van der Waals surface area contributed by atoms with Crippen molar-refractivity contribution in [3.8, 4) is 0 Å². The van der Waals surface area contributed by atoms with Crippen LogP contribution in [-0.2, 0) is 4.74 Å². The molecule has 0 aromatic heterocycles. The Kier molecular flexibility index (Phi) is 7.29. The first-order chi connectivity index (χ1) is 10.1. The maximum Gasteiger partial charge on any atom is 0.339 e. The van der Waals surface area contributed by atoms with Crippen LogP contribution >= 0.6 is 0 Å². The van der Waals surface area contributed by atoms with E-state index in [2.05, 4.69) is 12.2 Å². The summed E-state index contributed by atoms with van der Waals surface area (Å²) >= 11 is 0. The number of hydrogen-bond acceptors (Lipinski definition) is 4. The molecule has 0 fully saturated rings. The fourth-order valence-electron chi connectivity index (χ4n) is 2.00. The summed E-state index contributed by atoms with van der Waals surface area (Å²) < 4.78 is 4.90. The first-order valence-corrected chi connectivity index (χ1v) is 7.38. The number of nitrogens with one attached hydrogen (secondary N) is 1. The number of anilines is 1. The van der Waals surface area contributed by atoms with E-state index in [4.69, 9.17) is 9.84 Å². The number of benzene rings is 1. The first kappa shape index (κ1) is 17.0. The molecule has 0 saturated carbocycles. The van der Waals surface area contributed by atoms with E-state index >= 15 is 0 Å². The minimum Gasteiger partial charge on any atom is -0.478 e. The average Bonchev–Trinajstić information content (AvgIpc) is 2.47. The standard InChI is InChI=1S/C16H23NO4/c1-3-5-6-7-10-17-12-8-9-13(15(18)19)14(11-12)16(20)21-4-2/h8-9,11,17H,3-7,10H2,1-2H3,(H,18,19). The number of unbranched alkanes of at least 4 members (excludes halogenated alkanes) is 3. The lowest BCUT2D eigenvalue weighted by atomic mass is 10.1. The molecule has 0 aliphatic heterocycles. The molecule has 0 heterocycles. The highest BCUT2D eigenvalue weighted by molar-refractivity contribution is 6.03. The Hall–Kier alpha value is -2.04. The van der Waals surface area contributed by atoms with Gasteiger partial charge in [-0.3, -0.25) is 0 Å². The number of carboxylic acid groups (broad SMARTS) is 1. The van der Waals surface area contributed by atoms with Crippen molar-refractivity contribution in [1.82, 2.24) is 0 Å². The van der Waals surface area contributed by atoms with Crippen molar-refractivity contribution < 1.29 is 19.4 Å². The molecule has 0 aliphatic carbocycles. The van der Waals surface area contributed by atoms with E-state index in [-0.39, 0.29) is 17.7 Å². The quantitative estimate of drug-likeness (QED) is 0.538. The minimum atomic E-state index is -1.13. The van der Waals surface area contributed by atoms with E-state index in [1.165, 1.54) is 18.9 Å². The second kappa shape index (κ2) is 9.00. The van der Waals surface area contributed by atoms with Crippen LogP contribution in [0.1, 0.15) is 60.2 Å². The minimum absolute atomic E-state index is 0.0371. The zero-order valence-electron chi connectivity index (χ0n) is 12.6. The zero-order chi connectivity index (χ0) is 15.7. The number of aromatic carboxylic acids is 1. The Bertz CT molecular complexity index is 485. The molecule has 0 bridgehead atoms. The maximum atomic E-state index is 11.8. The molecule has 0 radical (unpaired) electrons. The van der Waals surface area contributed by atoms with Crippen LogP contribution in [0.3, 0.4) is 0 Å². The number of hydrogen-bond donors (Lipinski definition) is 2. The third-order valence-corrected chi connectivity index (χ3v) is 3.10. The molecule has 0 atom stereocenters. The van der Waals surface area contributed by atoms with Gasteiger partial charge >= 0.3 is 11.9 Å². The van der Waals surface area contributed by atoms with Crippen molar-refractivity contribution in [2.75, 3.05) is 18.5 Å². The predicted molar refractivity (Wildman–Crippen MR) is 82.0 cm³/mol. The number of carboxylic acids is 1. The van der Waals surface area contributed by atoms with Gasteiger partial charge in [-0.1, -0.05) is 26.2 Å². The normalized spacial score (nSPS) is 10.2. The van der Waals surface area contributed by atoms with Crippen LogP contribution in [0.25, 0.3) is 0 Å². The first-order valence-electron chi connectivity index (χ1n) is 7.38. The monoisotopic (exact) mass is 293 g/mol. The Labute approximate surface area is 125 Å². The van der Waals surface area contributed by atoms with Gasteiger partial charge in [0, 0.05) is 12.2 Å². The second-order valence-electron chi connectivity index (χ2n) is 4.77. The van der Waals surface area contributed by atoms with Crippen LogP contribution in [0.4, 0.5) is 5.69 Å². The van der Waals surface area contributed by atoms with Gasteiger partial charge < -0.3 is 15.2 Å². The van der Waals surface area contributed by atoms with Crippen molar-refractivity contribution in [3.63, 3.8) is 0 Å². The molecule has 0 saturated heterocycles. The van der Waals surface area contributed by atoms with Gasteiger partial charge in [0.15, 0.2) is 0 Å². The van der Waals surface area contributed by atoms with Gasteiger partial charge in [-0.2, -0.15) is 0 Å². The molecule has 21 heavy (non-hydrogen) atoms. The van der Waals surface area contributed by atoms with Gasteiger partial charge in [-0.15, -0.1) is 0 Å². The number of rotatable bonds is 9. The van der Waals surface area contributed by atoms with Crippen LogP contribution < -0.4 is 5.32 Å². The summed E-state index contributed by atoms with van der Waals surface area (Å²) in [6, 6.07) is 4.65. The summed E-state index contributed by atoms with van der Waals surface area (Å²) in [5.41, 5.74) is 0.785. The molecule has 0 amide bonds. The Morgan fingerprint density at radius 3 is 2.52 bits per heavy atom. The molecule has 1 rings (SSSR count). The molecule has 116 valence electrons. The van der Waals surface area contributed by atoms with Crippen LogP contribution in [0.5, 0.6) is 0 Å². The van der Waals surface area contributed by atoms with Gasteiger partial charge in [0.2, 0.25) is 0 Å². The molecular weight excluding hydrogens is 270 g/mol. The summed E-state index contributed by atoms with van der Waals surface area (Å²) in [6.45, 7) is 4.86. The highest BCUT2D eigenvalue weighted by Crippen LogP contribution is 2.18. The van der Waals surface area contributed by atoms with Crippen LogP contribution in [0.2, 0.25) is 0 Å². The van der Waals surface area contributed by atoms with E-state index in [0.717, 1.165) is 25.1 Å². The van der Waals surface area contributed by atoms with Gasteiger partial charge in [0.25, 0.3) is 0 Å². The molecule has 0 unspecified atom stereocenters. The van der Waals surface area contributed by atoms with E-state index in [0.29, 0.717) is 0 Å². The van der Waals surface area contributed by atoms with Gasteiger partial charge in [0.1, 0.15) is 0 Å². The Balaban J connectivity index is 2.76. The van der Waals surface area contributed by atoms with Crippen molar-refractivity contribution in [3.05, 3.63) is 29.3 Å². The highest BCUT2D eigenvalue weighted by Gasteiger charge is 2.18.